The number of carbonyl (C=O) groups excluding carboxylic acids is 2. The zero-order chi connectivity index (χ0) is 42.3. The van der Waals surface area contributed by atoms with E-state index in [-0.39, 0.29) is 24.8 Å². The summed E-state index contributed by atoms with van der Waals surface area (Å²) in [5.41, 5.74) is 0. The number of hydrogen-bond donors (Lipinski definition) is 4. The molecule has 8 heteroatoms. The lowest BCUT2D eigenvalue weighted by Gasteiger charge is -2.19. The van der Waals surface area contributed by atoms with Crippen molar-refractivity contribution in [2.24, 2.45) is 11.8 Å². The van der Waals surface area contributed by atoms with Crippen LogP contribution in [-0.4, -0.2) is 63.3 Å². The predicted octanol–water partition coefficient (Wildman–Crippen LogP) is 13.6. The number of aliphatic hydroxyl groups is 1. The van der Waals surface area contributed by atoms with Gasteiger partial charge in [-0.2, -0.15) is 0 Å². The fourth-order valence-electron chi connectivity index (χ4n) is 7.68. The molecule has 0 fully saturated rings. The molecule has 0 saturated heterocycles. The maximum absolute atomic E-state index is 12.4. The highest BCUT2D eigenvalue weighted by Crippen LogP contribution is 2.22. The summed E-state index contributed by atoms with van der Waals surface area (Å²) >= 11 is 0. The molecule has 1 atom stereocenters. The second-order valence-electron chi connectivity index (χ2n) is 17.0. The number of rotatable bonds is 43. The van der Waals surface area contributed by atoms with E-state index < -0.39 is 0 Å². The van der Waals surface area contributed by atoms with Crippen LogP contribution in [0.5, 0.6) is 0 Å². The normalized spacial score (nSPS) is 11.8. The lowest BCUT2D eigenvalue weighted by Crippen LogP contribution is -2.42. The fourth-order valence-corrected chi connectivity index (χ4v) is 7.68. The molecule has 2 amide bonds. The van der Waals surface area contributed by atoms with E-state index in [2.05, 4.69) is 50.6 Å². The number of esters is 1. The fraction of sp³-hybridized carbons (Fsp3) is 0.959. The van der Waals surface area contributed by atoms with Crippen LogP contribution in [0.25, 0.3) is 0 Å². The highest BCUT2D eigenvalue weighted by Gasteiger charge is 2.13. The number of nitrogens with one attached hydrogen (secondary N) is 3. The molecule has 0 spiro atoms. The van der Waals surface area contributed by atoms with E-state index in [4.69, 9.17) is 14.6 Å². The van der Waals surface area contributed by atoms with Gasteiger partial charge >= 0.3 is 12.0 Å². The Hall–Kier alpha value is -1.38. The molecule has 0 bridgehead atoms. The molecule has 0 aliphatic rings. The van der Waals surface area contributed by atoms with Crippen molar-refractivity contribution in [1.29, 1.82) is 0 Å². The molecule has 0 aliphatic carbocycles. The Balaban J connectivity index is 0. The van der Waals surface area contributed by atoms with Crippen molar-refractivity contribution in [1.82, 2.24) is 16.0 Å². The predicted molar refractivity (Wildman–Crippen MR) is 246 cm³/mol. The van der Waals surface area contributed by atoms with E-state index in [1.54, 1.807) is 0 Å². The molecule has 0 rings (SSSR count). The van der Waals surface area contributed by atoms with Gasteiger partial charge in [0, 0.05) is 25.6 Å². The number of hydrogen-bond acceptors (Lipinski definition) is 6. The Morgan fingerprint density at radius 3 is 1.39 bits per heavy atom. The van der Waals surface area contributed by atoms with Gasteiger partial charge in [0.1, 0.15) is 6.79 Å². The van der Waals surface area contributed by atoms with Gasteiger partial charge in [-0.1, -0.05) is 202 Å². The van der Waals surface area contributed by atoms with E-state index >= 15 is 0 Å². The Labute approximate surface area is 355 Å². The van der Waals surface area contributed by atoms with Crippen LogP contribution in [-0.2, 0) is 14.3 Å². The standard InChI is InChI=1S/C35H71N3O3.C14H30O2/c1-5-8-11-12-14-19-25-33(38-35(40)37-30-22-29-36-4)26-20-15-13-16-21-27-34(39)41-31-28-32(23-17-9-6-2)24-18-10-7-3;1-3-5-7-9-14(10-8-6-4-2)11-12-16-13-15/h32-33,36H,5-31H2,1-4H3,(H2,37,38,40);14-15H,3-13H2,1-2H3. The third-order valence-electron chi connectivity index (χ3n) is 11.5. The lowest BCUT2D eigenvalue weighted by atomic mass is 9.92. The molecule has 0 saturated carbocycles. The summed E-state index contributed by atoms with van der Waals surface area (Å²) < 4.78 is 10.6. The summed E-state index contributed by atoms with van der Waals surface area (Å²) in [6.45, 7) is 14.1. The van der Waals surface area contributed by atoms with E-state index in [9.17, 15) is 9.59 Å². The summed E-state index contributed by atoms with van der Waals surface area (Å²) in [5.74, 6) is 1.50. The number of aliphatic hydroxyl groups excluding tert-OH is 1. The van der Waals surface area contributed by atoms with E-state index in [0.717, 1.165) is 83.3 Å². The molecule has 0 heterocycles. The average molecular weight is 812 g/mol. The van der Waals surface area contributed by atoms with Crippen LogP contribution < -0.4 is 16.0 Å². The topological polar surface area (TPSA) is 109 Å². The van der Waals surface area contributed by atoms with Crippen LogP contribution in [0.1, 0.15) is 247 Å². The van der Waals surface area contributed by atoms with Gasteiger partial charge in [-0.25, -0.2) is 4.79 Å². The number of carbonyl (C=O) groups is 2. The zero-order valence-corrected chi connectivity index (χ0v) is 39.2. The van der Waals surface area contributed by atoms with Crippen LogP contribution in [0, 0.1) is 11.8 Å². The summed E-state index contributed by atoms with van der Waals surface area (Å²) in [6, 6.07) is 0.233. The highest BCUT2D eigenvalue weighted by atomic mass is 16.6. The van der Waals surface area contributed by atoms with Crippen molar-refractivity contribution in [3.8, 4) is 0 Å². The van der Waals surface area contributed by atoms with Gasteiger partial charge in [0.05, 0.1) is 6.61 Å². The van der Waals surface area contributed by atoms with Crippen molar-refractivity contribution in [2.45, 2.75) is 253 Å². The van der Waals surface area contributed by atoms with Crippen molar-refractivity contribution in [3.63, 3.8) is 0 Å². The van der Waals surface area contributed by atoms with E-state index in [1.807, 2.05) is 7.05 Å². The molecule has 57 heavy (non-hydrogen) atoms. The Kier molecular flexibility index (Phi) is 49.6. The van der Waals surface area contributed by atoms with Crippen LogP contribution in [0.15, 0.2) is 0 Å². The van der Waals surface area contributed by atoms with Gasteiger partial charge in [-0.15, -0.1) is 0 Å². The second kappa shape index (κ2) is 49.0. The van der Waals surface area contributed by atoms with Gasteiger partial charge in [0.2, 0.25) is 0 Å². The van der Waals surface area contributed by atoms with Gasteiger partial charge < -0.3 is 30.5 Å². The quantitative estimate of drug-likeness (QED) is 0.0277. The largest absolute Gasteiger partial charge is 0.466 e. The molecule has 1 unspecified atom stereocenters. The smallest absolute Gasteiger partial charge is 0.315 e. The van der Waals surface area contributed by atoms with Gasteiger partial charge in [0.15, 0.2) is 0 Å². The molecular formula is C49H101N3O5. The molecule has 8 nitrogen and oxygen atoms in total. The first-order chi connectivity index (χ1) is 27.9. The minimum Gasteiger partial charge on any atom is -0.466 e. The average Bonchev–Trinajstić information content (AvgIpc) is 3.20. The van der Waals surface area contributed by atoms with Gasteiger partial charge in [0.25, 0.3) is 0 Å². The molecule has 0 aromatic rings. The summed E-state index contributed by atoms with van der Waals surface area (Å²) in [5, 5.41) is 17.9. The summed E-state index contributed by atoms with van der Waals surface area (Å²) in [4.78, 5) is 24.6. The second-order valence-corrected chi connectivity index (χ2v) is 17.0. The summed E-state index contributed by atoms with van der Waals surface area (Å²) in [7, 11) is 1.93. The van der Waals surface area contributed by atoms with E-state index in [0.29, 0.717) is 25.5 Å². The van der Waals surface area contributed by atoms with Gasteiger partial charge in [-0.3, -0.25) is 4.79 Å². The van der Waals surface area contributed by atoms with Crippen LogP contribution in [0.4, 0.5) is 4.79 Å². The Morgan fingerprint density at radius 2 is 0.912 bits per heavy atom. The van der Waals surface area contributed by atoms with Crippen molar-refractivity contribution in [3.05, 3.63) is 0 Å². The van der Waals surface area contributed by atoms with Crippen molar-refractivity contribution in [2.75, 3.05) is 40.1 Å². The maximum Gasteiger partial charge on any atom is 0.315 e. The van der Waals surface area contributed by atoms with Crippen LogP contribution in [0.2, 0.25) is 0 Å². The number of ether oxygens (including phenoxy) is 2. The molecular weight excluding hydrogens is 711 g/mol. The molecule has 4 N–H and O–H groups in total. The number of urea groups is 1. The van der Waals surface area contributed by atoms with Crippen molar-refractivity contribution < 1.29 is 24.2 Å². The molecule has 0 aromatic carbocycles. The zero-order valence-electron chi connectivity index (χ0n) is 39.2. The third-order valence-corrected chi connectivity index (χ3v) is 11.5. The molecule has 0 aromatic heterocycles. The number of unbranched alkanes of at least 4 members (excludes halogenated alkanes) is 17. The molecule has 0 aliphatic heterocycles. The minimum absolute atomic E-state index is 0.0187. The Bertz CT molecular complexity index is 767. The molecule has 0 radical (unpaired) electrons. The van der Waals surface area contributed by atoms with Crippen LogP contribution >= 0.6 is 0 Å². The monoisotopic (exact) mass is 812 g/mol. The first kappa shape index (κ1) is 57.7. The van der Waals surface area contributed by atoms with Gasteiger partial charge in [-0.05, 0) is 64.0 Å². The molecule has 342 valence electrons. The van der Waals surface area contributed by atoms with Crippen LogP contribution in [0.3, 0.4) is 0 Å². The minimum atomic E-state index is -0.128. The Morgan fingerprint density at radius 1 is 0.491 bits per heavy atom. The third kappa shape index (κ3) is 45.6. The summed E-state index contributed by atoms with van der Waals surface area (Å²) in [6.07, 6.45) is 39.9. The van der Waals surface area contributed by atoms with E-state index in [1.165, 1.54) is 141 Å². The lowest BCUT2D eigenvalue weighted by molar-refractivity contribution is -0.144. The van der Waals surface area contributed by atoms with Crippen molar-refractivity contribution >= 4 is 12.0 Å². The highest BCUT2D eigenvalue weighted by molar-refractivity contribution is 5.74. The number of amides is 2. The SMILES string of the molecule is CCCCCC(CCCCC)CCOCO.CCCCCCCCC(CCCCCCCC(=O)OCCC(CCCCC)CCCCC)NC(=O)NCCCNC. The first-order valence-electron chi connectivity index (χ1n) is 24.9. The first-order valence-corrected chi connectivity index (χ1v) is 24.9. The maximum atomic E-state index is 12.4.